The number of piperidine rings is 1. The maximum atomic E-state index is 14.7. The first-order valence-corrected chi connectivity index (χ1v) is 27.4. The molecule has 0 bridgehead atoms. The van der Waals surface area contributed by atoms with Crippen LogP contribution in [0.4, 0.5) is 17.5 Å². The van der Waals surface area contributed by atoms with Gasteiger partial charge in [-0.3, -0.25) is 24.3 Å². The largest absolute Gasteiger partial charge is 0.492 e. The number of amides is 4. The molecule has 6 heterocycles. The Kier molecular flexibility index (Phi) is 15.7. The number of nitrogens with zero attached hydrogens (tertiary/aromatic N) is 8. The second-order valence-corrected chi connectivity index (χ2v) is 23.6. The number of likely N-dealkylation sites (N-methyl/N-ethyl adjacent to an activating group) is 1. The van der Waals surface area contributed by atoms with Crippen molar-refractivity contribution in [1.29, 1.82) is 0 Å². The van der Waals surface area contributed by atoms with Crippen LogP contribution in [0, 0.1) is 19.8 Å². The van der Waals surface area contributed by atoms with Crippen LogP contribution in [0.5, 0.6) is 5.75 Å². The summed E-state index contributed by atoms with van der Waals surface area (Å²) < 4.78 is 33.5. The van der Waals surface area contributed by atoms with Gasteiger partial charge in [0.2, 0.25) is 17.7 Å². The number of aromatic nitrogens is 6. The summed E-state index contributed by atoms with van der Waals surface area (Å²) in [5.74, 6) is 0.349. The minimum atomic E-state index is -3.88. The van der Waals surface area contributed by atoms with Crippen molar-refractivity contribution in [2.24, 2.45) is 5.92 Å². The number of aromatic amines is 1. The molecular formula is C55H67N13O7S. The van der Waals surface area contributed by atoms with Gasteiger partial charge in [-0.2, -0.15) is 5.10 Å². The number of ether oxygens (including phenoxy) is 1. The number of anilines is 3. The van der Waals surface area contributed by atoms with Gasteiger partial charge in [-0.05, 0) is 104 Å². The van der Waals surface area contributed by atoms with Crippen LogP contribution in [-0.4, -0.2) is 141 Å². The van der Waals surface area contributed by atoms with E-state index in [1.807, 2.05) is 74.5 Å². The summed E-state index contributed by atoms with van der Waals surface area (Å²) in [5.41, 5.74) is 4.22. The molecule has 0 spiro atoms. The van der Waals surface area contributed by atoms with E-state index in [1.165, 1.54) is 12.5 Å². The average molecular weight is 1050 g/mol. The number of hydrogen-bond acceptors (Lipinski definition) is 15. The number of sulfone groups is 1. The highest BCUT2D eigenvalue weighted by atomic mass is 32.2. The highest BCUT2D eigenvalue weighted by Gasteiger charge is 2.46. The molecule has 3 aliphatic rings. The molecule has 5 N–H and O–H groups in total. The maximum absolute atomic E-state index is 14.7. The Bertz CT molecular complexity index is 3140. The molecule has 3 unspecified atom stereocenters. The third-order valence-electron chi connectivity index (χ3n) is 15.0. The Labute approximate surface area is 443 Å². The zero-order chi connectivity index (χ0) is 53.9. The number of benzene rings is 3. The zero-order valence-corrected chi connectivity index (χ0v) is 44.9. The van der Waals surface area contributed by atoms with Crippen LogP contribution in [-0.2, 0) is 24.2 Å². The lowest BCUT2D eigenvalue weighted by atomic mass is 9.98. The number of carbonyl (C=O) groups is 4. The summed E-state index contributed by atoms with van der Waals surface area (Å²) in [4.78, 5) is 80.3. The molecule has 4 amide bonds. The van der Waals surface area contributed by atoms with E-state index >= 15 is 0 Å². The zero-order valence-electron chi connectivity index (χ0n) is 44.0. The van der Waals surface area contributed by atoms with E-state index < -0.39 is 56.5 Å². The Hall–Kier alpha value is -7.52. The third-order valence-corrected chi connectivity index (χ3v) is 17.5. The number of hydrogen-bond donors (Lipinski definition) is 5. The van der Waals surface area contributed by atoms with Gasteiger partial charge in [0.05, 0.1) is 47.9 Å². The Morgan fingerprint density at radius 2 is 1.55 bits per heavy atom. The van der Waals surface area contributed by atoms with Crippen LogP contribution in [0.2, 0.25) is 0 Å². The van der Waals surface area contributed by atoms with Gasteiger partial charge in [-0.15, -0.1) is 0 Å². The fourth-order valence-electron chi connectivity index (χ4n) is 10.1. The summed E-state index contributed by atoms with van der Waals surface area (Å²) in [6, 6.07) is 19.3. The number of carbonyl (C=O) groups excluding carboxylic acids is 4. The maximum Gasteiger partial charge on any atom is 0.274 e. The van der Waals surface area contributed by atoms with Gasteiger partial charge >= 0.3 is 0 Å². The Morgan fingerprint density at radius 1 is 0.855 bits per heavy atom. The summed E-state index contributed by atoms with van der Waals surface area (Å²) in [5, 5.41) is 20.1. The van der Waals surface area contributed by atoms with E-state index in [9.17, 15) is 27.6 Å². The molecule has 400 valence electrons. The fourth-order valence-corrected chi connectivity index (χ4v) is 11.4. The molecule has 3 aromatic carbocycles. The summed E-state index contributed by atoms with van der Waals surface area (Å²) in [6.07, 6.45) is 7.27. The van der Waals surface area contributed by atoms with E-state index in [2.05, 4.69) is 56.3 Å². The van der Waals surface area contributed by atoms with Crippen LogP contribution in [0.25, 0.3) is 10.9 Å². The van der Waals surface area contributed by atoms with Gasteiger partial charge in [0, 0.05) is 48.4 Å². The fraction of sp³-hybridized carbons (Fsp3) is 0.436. The van der Waals surface area contributed by atoms with E-state index in [1.54, 1.807) is 62.9 Å². The predicted octanol–water partition coefficient (Wildman–Crippen LogP) is 5.57. The summed E-state index contributed by atoms with van der Waals surface area (Å²) in [6.45, 7) is 12.1. The van der Waals surface area contributed by atoms with Gasteiger partial charge in [0.1, 0.15) is 46.4 Å². The van der Waals surface area contributed by atoms with Crippen molar-refractivity contribution in [2.75, 3.05) is 50.1 Å². The second-order valence-electron chi connectivity index (χ2n) is 21.0. The molecule has 0 aliphatic carbocycles. The van der Waals surface area contributed by atoms with Gasteiger partial charge in [0.25, 0.3) is 5.91 Å². The molecule has 6 aromatic rings. The average Bonchev–Trinajstić information content (AvgIpc) is 4.00. The highest BCUT2D eigenvalue weighted by Crippen LogP contribution is 2.38. The van der Waals surface area contributed by atoms with Crippen molar-refractivity contribution in [3.63, 3.8) is 0 Å². The van der Waals surface area contributed by atoms with Crippen LogP contribution < -0.4 is 30.9 Å². The van der Waals surface area contributed by atoms with E-state index in [0.717, 1.165) is 35.2 Å². The lowest BCUT2D eigenvalue weighted by Crippen LogP contribution is -2.62. The van der Waals surface area contributed by atoms with Crippen LogP contribution in [0.15, 0.2) is 96.4 Å². The Morgan fingerprint density at radius 3 is 2.17 bits per heavy atom. The number of H-pyrrole nitrogens is 1. The van der Waals surface area contributed by atoms with Crippen molar-refractivity contribution in [3.05, 3.63) is 120 Å². The van der Waals surface area contributed by atoms with Crippen LogP contribution >= 0.6 is 0 Å². The van der Waals surface area contributed by atoms with Gasteiger partial charge in [0.15, 0.2) is 15.7 Å². The smallest absolute Gasteiger partial charge is 0.274 e. The number of nitrogens with one attached hydrogen (secondary N) is 5. The van der Waals surface area contributed by atoms with Crippen molar-refractivity contribution in [2.45, 2.75) is 113 Å². The molecule has 0 saturated carbocycles. The van der Waals surface area contributed by atoms with Crippen molar-refractivity contribution in [3.8, 4) is 5.75 Å². The molecule has 76 heavy (non-hydrogen) atoms. The van der Waals surface area contributed by atoms with Gasteiger partial charge < -0.3 is 40.7 Å². The molecular weight excluding hydrogens is 987 g/mol. The van der Waals surface area contributed by atoms with Gasteiger partial charge in [-0.1, -0.05) is 60.7 Å². The van der Waals surface area contributed by atoms with Crippen LogP contribution in [0.3, 0.4) is 0 Å². The summed E-state index contributed by atoms with van der Waals surface area (Å²) >= 11 is 0. The molecule has 3 aromatic heterocycles. The van der Waals surface area contributed by atoms with Crippen molar-refractivity contribution < 1.29 is 32.3 Å². The summed E-state index contributed by atoms with van der Waals surface area (Å²) in [7, 11) is -2.23. The molecule has 3 fully saturated rings. The lowest BCUT2D eigenvalue weighted by Gasteiger charge is -2.39. The SMILES string of the molecule is CN[C@@H](C)C(=O)NC1CN(C(=O)c2cnc(N3CCC(COc4cc5ncnc(Nc6n[nH]c(C)c6C)c5cc4S(=O)(=O)C(C)(C)C)CC3)cn2)CCC2CCC(C(=O)NC(c3ccccc3)c3ccccc3)N2C1=O. The highest BCUT2D eigenvalue weighted by molar-refractivity contribution is 7.92. The first kappa shape index (κ1) is 53.3. The topological polar surface area (TPSA) is 250 Å². The van der Waals surface area contributed by atoms with Crippen molar-refractivity contribution >= 4 is 61.8 Å². The first-order valence-electron chi connectivity index (χ1n) is 25.9. The quantitative estimate of drug-likeness (QED) is 0.0843. The first-order chi connectivity index (χ1) is 36.4. The van der Waals surface area contributed by atoms with Gasteiger partial charge in [-0.25, -0.2) is 28.4 Å². The van der Waals surface area contributed by atoms with E-state index in [0.29, 0.717) is 60.7 Å². The minimum Gasteiger partial charge on any atom is -0.492 e. The standard InChI is InChI=1S/C55H67N13O7S/c1-33-34(2)64-65-49(33)63-50-40-26-46(76(73,74)55(4,5)6)45(27-41(40)59-32-60-50)75-31-36-20-23-66(24-21-36)47-29-57-42(28-58-47)53(71)67-25-22-39-18-19-44(68(39)54(72)43(30-67)61-51(69)35(3)56-7)52(70)62-48(37-14-10-8-11-15-37)38-16-12-9-13-17-38/h8-17,26-29,32,35-36,39,43-44,48,56H,18-25,30-31H2,1-7H3,(H,61,69)(H,62,70)(H2,59,60,63,64,65)/t35-,39?,43?,44?/m0/s1. The molecule has 20 nitrogen and oxygen atoms in total. The van der Waals surface area contributed by atoms with Crippen molar-refractivity contribution in [1.82, 2.24) is 55.9 Å². The molecule has 3 saturated heterocycles. The van der Waals surface area contributed by atoms with E-state index in [4.69, 9.17) is 4.74 Å². The molecule has 9 rings (SSSR count). The number of rotatable bonds is 15. The number of fused-ring (bicyclic) bond motifs is 2. The number of aryl methyl sites for hydroxylation is 1. The molecule has 3 aliphatic heterocycles. The monoisotopic (exact) mass is 1050 g/mol. The van der Waals surface area contributed by atoms with Crippen LogP contribution in [0.1, 0.15) is 98.7 Å². The second kappa shape index (κ2) is 22.4. The normalized spacial score (nSPS) is 19.0. The molecule has 4 atom stereocenters. The molecule has 21 heteroatoms. The lowest BCUT2D eigenvalue weighted by molar-refractivity contribution is -0.145. The minimum absolute atomic E-state index is 0.0550. The Balaban J connectivity index is 0.855. The predicted molar refractivity (Wildman–Crippen MR) is 288 cm³/mol. The molecule has 0 radical (unpaired) electrons. The third kappa shape index (κ3) is 11.2. The van der Waals surface area contributed by atoms with E-state index in [-0.39, 0.29) is 53.9 Å².